The van der Waals surface area contributed by atoms with Gasteiger partial charge in [-0.25, -0.2) is 9.97 Å². The Balaban J connectivity index is 1.10. The zero-order chi connectivity index (χ0) is 40.7. The molecule has 0 bridgehead atoms. The lowest BCUT2D eigenvalue weighted by atomic mass is 9.97. The number of hydrogen-bond donors (Lipinski definition) is 0. The van der Waals surface area contributed by atoms with Crippen molar-refractivity contribution in [1.29, 1.82) is 0 Å². The van der Waals surface area contributed by atoms with Crippen LogP contribution in [-0.4, -0.2) is 19.1 Å². The third kappa shape index (κ3) is 5.14. The molecule has 0 fully saturated rings. The summed E-state index contributed by atoms with van der Waals surface area (Å²) in [5.74, 6) is 0.691. The summed E-state index contributed by atoms with van der Waals surface area (Å²) in [6.07, 6.45) is 0. The SMILES string of the molecule is c1ccc(-n2c3ccccc3c3c2ccc2c4ccccc4n(-c4cccc5c(-c6nc(-c7cccc8ccccc78)cc(-c7cccc8ccccc78)n6)cccc45)c23)cc1. The van der Waals surface area contributed by atoms with Gasteiger partial charge in [-0.15, -0.1) is 0 Å². The molecule has 4 heteroatoms. The summed E-state index contributed by atoms with van der Waals surface area (Å²) < 4.78 is 4.90. The van der Waals surface area contributed by atoms with E-state index in [2.05, 4.69) is 228 Å². The molecule has 0 atom stereocenters. The van der Waals surface area contributed by atoms with Crippen molar-refractivity contribution in [3.8, 4) is 45.3 Å². The largest absolute Gasteiger partial charge is 0.309 e. The lowest BCUT2D eigenvalue weighted by Crippen LogP contribution is -1.99. The zero-order valence-electron chi connectivity index (χ0n) is 33.6. The Morgan fingerprint density at radius 3 is 1.53 bits per heavy atom. The van der Waals surface area contributed by atoms with E-state index >= 15 is 0 Å². The number of nitrogens with zero attached hydrogens (tertiary/aromatic N) is 4. The lowest BCUT2D eigenvalue weighted by Gasteiger charge is -2.16. The highest BCUT2D eigenvalue weighted by atomic mass is 15.0. The molecule has 0 saturated carbocycles. The van der Waals surface area contributed by atoms with Crippen LogP contribution in [0.4, 0.5) is 0 Å². The zero-order valence-corrected chi connectivity index (χ0v) is 33.6. The van der Waals surface area contributed by atoms with Crippen LogP contribution in [0, 0.1) is 0 Å². The maximum atomic E-state index is 5.46. The maximum absolute atomic E-state index is 5.46. The van der Waals surface area contributed by atoms with Crippen LogP contribution in [-0.2, 0) is 0 Å². The minimum Gasteiger partial charge on any atom is -0.309 e. The van der Waals surface area contributed by atoms with Crippen LogP contribution in [0.15, 0.2) is 218 Å². The van der Waals surface area contributed by atoms with Crippen molar-refractivity contribution < 1.29 is 0 Å². The summed E-state index contributed by atoms with van der Waals surface area (Å²) in [7, 11) is 0. The minimum atomic E-state index is 0.691. The molecule has 0 aliphatic heterocycles. The monoisotopic (exact) mass is 788 g/mol. The summed E-state index contributed by atoms with van der Waals surface area (Å²) in [4.78, 5) is 10.9. The van der Waals surface area contributed by atoms with Gasteiger partial charge >= 0.3 is 0 Å². The topological polar surface area (TPSA) is 35.6 Å². The molecular weight excluding hydrogens is 753 g/mol. The highest BCUT2D eigenvalue weighted by Gasteiger charge is 2.23. The van der Waals surface area contributed by atoms with E-state index in [0.29, 0.717) is 5.82 Å². The van der Waals surface area contributed by atoms with Crippen molar-refractivity contribution in [3.63, 3.8) is 0 Å². The Morgan fingerprint density at radius 1 is 0.306 bits per heavy atom. The van der Waals surface area contributed by atoms with E-state index in [9.17, 15) is 0 Å². The van der Waals surface area contributed by atoms with Crippen LogP contribution < -0.4 is 0 Å². The van der Waals surface area contributed by atoms with E-state index in [1.54, 1.807) is 0 Å². The quantitative estimate of drug-likeness (QED) is 0.174. The number of fused-ring (bicyclic) bond motifs is 10. The maximum Gasteiger partial charge on any atom is 0.161 e. The van der Waals surface area contributed by atoms with Crippen LogP contribution in [0.3, 0.4) is 0 Å². The fourth-order valence-corrected chi connectivity index (χ4v) is 10.0. The summed E-state index contributed by atoms with van der Waals surface area (Å²) in [5, 5.41) is 11.8. The number of rotatable bonds is 5. The second-order valence-corrected chi connectivity index (χ2v) is 16.1. The molecule has 13 aromatic rings. The second kappa shape index (κ2) is 13.6. The summed E-state index contributed by atoms with van der Waals surface area (Å²) in [6, 6.07) is 78.5. The van der Waals surface area contributed by atoms with Gasteiger partial charge in [-0.2, -0.15) is 0 Å². The van der Waals surface area contributed by atoms with Crippen molar-refractivity contribution in [2.24, 2.45) is 0 Å². The third-order valence-electron chi connectivity index (χ3n) is 12.7. The number of aromatic nitrogens is 4. The Bertz CT molecular complexity index is 3820. The molecule has 0 amide bonds. The van der Waals surface area contributed by atoms with E-state index in [1.165, 1.54) is 48.9 Å². The molecule has 0 spiro atoms. The van der Waals surface area contributed by atoms with Crippen LogP contribution in [0.5, 0.6) is 0 Å². The molecule has 0 saturated heterocycles. The summed E-state index contributed by atoms with van der Waals surface area (Å²) in [5.41, 5.74) is 11.9. The van der Waals surface area contributed by atoms with Crippen LogP contribution in [0.1, 0.15) is 0 Å². The van der Waals surface area contributed by atoms with E-state index in [1.807, 2.05) is 0 Å². The van der Waals surface area contributed by atoms with Gasteiger partial charge in [-0.1, -0.05) is 176 Å². The molecule has 288 valence electrons. The standard InChI is InChI=1S/C58H36N4/c1-2-20-39(21-3-1)61-54-32-11-9-25-49(54)56-55(61)35-34-47-46-24-8-10-31-52(46)62(57(47)56)53-33-15-26-42-45(53)29-14-30-48(42)58-59-50(43-27-12-18-37-16-4-6-22-40(37)43)36-51(60-58)44-28-13-19-38-17-5-7-23-41(38)44/h1-36H. The van der Waals surface area contributed by atoms with Crippen molar-refractivity contribution in [3.05, 3.63) is 218 Å². The van der Waals surface area contributed by atoms with Crippen molar-refractivity contribution >= 4 is 75.9 Å². The molecule has 0 aliphatic carbocycles. The first-order valence-corrected chi connectivity index (χ1v) is 21.2. The predicted molar refractivity (Wildman–Crippen MR) is 260 cm³/mol. The van der Waals surface area contributed by atoms with E-state index in [0.717, 1.165) is 66.5 Å². The van der Waals surface area contributed by atoms with Gasteiger partial charge in [0.05, 0.1) is 39.1 Å². The molecule has 13 rings (SSSR count). The average molecular weight is 789 g/mol. The van der Waals surface area contributed by atoms with Gasteiger partial charge in [0.15, 0.2) is 5.82 Å². The van der Waals surface area contributed by atoms with E-state index in [-0.39, 0.29) is 0 Å². The Morgan fingerprint density at radius 2 is 0.823 bits per heavy atom. The first-order chi connectivity index (χ1) is 30.8. The van der Waals surface area contributed by atoms with Crippen molar-refractivity contribution in [2.75, 3.05) is 0 Å². The molecule has 4 nitrogen and oxygen atoms in total. The molecule has 3 aromatic heterocycles. The Kier molecular flexibility index (Phi) is 7.57. The smallest absolute Gasteiger partial charge is 0.161 e. The highest BCUT2D eigenvalue weighted by molar-refractivity contribution is 6.26. The molecule has 0 radical (unpaired) electrons. The van der Waals surface area contributed by atoms with Gasteiger partial charge in [-0.05, 0) is 69.4 Å². The van der Waals surface area contributed by atoms with Crippen molar-refractivity contribution in [2.45, 2.75) is 0 Å². The fraction of sp³-hybridized carbons (Fsp3) is 0. The number of hydrogen-bond acceptors (Lipinski definition) is 2. The lowest BCUT2D eigenvalue weighted by molar-refractivity contribution is 1.18. The fourth-order valence-electron chi connectivity index (χ4n) is 10.0. The van der Waals surface area contributed by atoms with E-state index < -0.39 is 0 Å². The van der Waals surface area contributed by atoms with E-state index in [4.69, 9.17) is 9.97 Å². The highest BCUT2D eigenvalue weighted by Crippen LogP contribution is 2.44. The average Bonchev–Trinajstić information content (AvgIpc) is 3.86. The molecule has 0 N–H and O–H groups in total. The van der Waals surface area contributed by atoms with Crippen LogP contribution >= 0.6 is 0 Å². The Labute approximate surface area is 357 Å². The minimum absolute atomic E-state index is 0.691. The summed E-state index contributed by atoms with van der Waals surface area (Å²) in [6.45, 7) is 0. The Hall–Kier alpha value is -8.34. The first-order valence-electron chi connectivity index (χ1n) is 21.2. The van der Waals surface area contributed by atoms with Gasteiger partial charge in [0.1, 0.15) is 0 Å². The first kappa shape index (κ1) is 34.5. The molecule has 10 aromatic carbocycles. The second-order valence-electron chi connectivity index (χ2n) is 16.1. The van der Waals surface area contributed by atoms with Crippen LogP contribution in [0.2, 0.25) is 0 Å². The number of benzene rings is 10. The molecular formula is C58H36N4. The summed E-state index contributed by atoms with van der Waals surface area (Å²) >= 11 is 0. The normalized spacial score (nSPS) is 11.9. The van der Waals surface area contributed by atoms with Gasteiger partial charge in [0.25, 0.3) is 0 Å². The van der Waals surface area contributed by atoms with Gasteiger partial charge in [0, 0.05) is 49.3 Å². The van der Waals surface area contributed by atoms with Crippen molar-refractivity contribution in [1.82, 2.24) is 19.1 Å². The third-order valence-corrected chi connectivity index (χ3v) is 12.7. The predicted octanol–water partition coefficient (Wildman–Crippen LogP) is 15.1. The van der Waals surface area contributed by atoms with Gasteiger partial charge < -0.3 is 9.13 Å². The number of para-hydroxylation sites is 3. The van der Waals surface area contributed by atoms with Gasteiger partial charge in [0.2, 0.25) is 0 Å². The molecule has 3 heterocycles. The van der Waals surface area contributed by atoms with Gasteiger partial charge in [-0.3, -0.25) is 0 Å². The molecule has 0 aliphatic rings. The molecule has 62 heavy (non-hydrogen) atoms. The van der Waals surface area contributed by atoms with Crippen LogP contribution in [0.25, 0.3) is 121 Å². The molecule has 0 unspecified atom stereocenters.